The van der Waals surface area contributed by atoms with Crippen molar-refractivity contribution in [2.45, 2.75) is 39.2 Å². The molecule has 0 atom stereocenters. The minimum Gasteiger partial charge on any atom is -0.385 e. The second-order valence-electron chi connectivity index (χ2n) is 3.71. The van der Waals surface area contributed by atoms with Crippen LogP contribution in [0, 0.1) is 0 Å². The van der Waals surface area contributed by atoms with E-state index >= 15 is 0 Å². The first kappa shape index (κ1) is 12.8. The van der Waals surface area contributed by atoms with E-state index in [0.717, 1.165) is 25.2 Å². The molecule has 16 heavy (non-hydrogen) atoms. The highest BCUT2D eigenvalue weighted by Gasteiger charge is 2.09. The van der Waals surface area contributed by atoms with E-state index in [4.69, 9.17) is 4.74 Å². The number of methoxy groups -OCH3 is 1. The topological polar surface area (TPSA) is 57.0 Å². The highest BCUT2D eigenvalue weighted by molar-refractivity contribution is 5.80. The van der Waals surface area contributed by atoms with Crippen molar-refractivity contribution in [2.24, 2.45) is 0 Å². The van der Waals surface area contributed by atoms with E-state index in [1.165, 1.54) is 6.33 Å². The molecule has 1 aromatic rings. The molecule has 0 aliphatic rings. The molecule has 1 aromatic heterocycles. The average molecular weight is 225 g/mol. The van der Waals surface area contributed by atoms with Gasteiger partial charge in [0.05, 0.1) is 6.42 Å². The molecule has 1 rings (SSSR count). The van der Waals surface area contributed by atoms with Crippen molar-refractivity contribution in [2.75, 3.05) is 13.7 Å². The molecule has 0 fully saturated rings. The summed E-state index contributed by atoms with van der Waals surface area (Å²) >= 11 is 0. The fourth-order valence-electron chi connectivity index (χ4n) is 1.50. The van der Waals surface area contributed by atoms with Crippen LogP contribution in [-0.2, 0) is 22.5 Å². The Balaban J connectivity index is 2.39. The number of hydrogen-bond acceptors (Lipinski definition) is 4. The number of carbonyl (C=O) groups is 1. The molecule has 0 aliphatic heterocycles. The number of rotatable bonds is 8. The van der Waals surface area contributed by atoms with Crippen LogP contribution in [0.1, 0.15) is 32.0 Å². The number of ketones is 1. The van der Waals surface area contributed by atoms with Gasteiger partial charge in [0, 0.05) is 26.7 Å². The zero-order chi connectivity index (χ0) is 11.8. The van der Waals surface area contributed by atoms with Gasteiger partial charge in [-0.15, -0.1) is 0 Å². The van der Waals surface area contributed by atoms with Gasteiger partial charge in [-0.25, -0.2) is 9.67 Å². The smallest absolute Gasteiger partial charge is 0.140 e. The highest BCUT2D eigenvalue weighted by Crippen LogP contribution is 2.01. The summed E-state index contributed by atoms with van der Waals surface area (Å²) in [5, 5.41) is 4.08. The van der Waals surface area contributed by atoms with Gasteiger partial charge in [-0.1, -0.05) is 6.92 Å². The molecule has 0 aliphatic carbocycles. The number of nitrogens with zero attached hydrogens (tertiary/aromatic N) is 3. The van der Waals surface area contributed by atoms with E-state index in [2.05, 4.69) is 17.0 Å². The average Bonchev–Trinajstić information content (AvgIpc) is 2.67. The summed E-state index contributed by atoms with van der Waals surface area (Å²) < 4.78 is 6.70. The van der Waals surface area contributed by atoms with Crippen LogP contribution in [0.25, 0.3) is 0 Å². The molecule has 0 aromatic carbocycles. The minimum atomic E-state index is 0.197. The number of aryl methyl sites for hydroxylation is 1. The Labute approximate surface area is 95.8 Å². The molecule has 0 bridgehead atoms. The van der Waals surface area contributed by atoms with Gasteiger partial charge >= 0.3 is 0 Å². The van der Waals surface area contributed by atoms with Gasteiger partial charge in [-0.05, 0) is 12.8 Å². The summed E-state index contributed by atoms with van der Waals surface area (Å²) in [5.41, 5.74) is 0. The fourth-order valence-corrected chi connectivity index (χ4v) is 1.50. The first-order valence-electron chi connectivity index (χ1n) is 5.65. The molecular weight excluding hydrogens is 206 g/mol. The third kappa shape index (κ3) is 4.10. The van der Waals surface area contributed by atoms with Gasteiger partial charge < -0.3 is 4.74 Å². The van der Waals surface area contributed by atoms with Gasteiger partial charge in [-0.3, -0.25) is 4.79 Å². The lowest BCUT2D eigenvalue weighted by Gasteiger charge is -2.03. The zero-order valence-corrected chi connectivity index (χ0v) is 9.98. The monoisotopic (exact) mass is 225 g/mol. The first-order chi connectivity index (χ1) is 7.77. The number of hydrogen-bond donors (Lipinski definition) is 0. The molecule has 1 heterocycles. The summed E-state index contributed by atoms with van der Waals surface area (Å²) in [5.74, 6) is 0.965. The van der Waals surface area contributed by atoms with Crippen molar-refractivity contribution < 1.29 is 9.53 Å². The zero-order valence-electron chi connectivity index (χ0n) is 9.98. The van der Waals surface area contributed by atoms with Gasteiger partial charge in [0.1, 0.15) is 17.9 Å². The van der Waals surface area contributed by atoms with Crippen LogP contribution in [0.4, 0.5) is 0 Å². The largest absolute Gasteiger partial charge is 0.385 e. The number of aromatic nitrogens is 3. The Bertz CT molecular complexity index is 323. The van der Waals surface area contributed by atoms with Gasteiger partial charge in [0.25, 0.3) is 0 Å². The Kier molecular flexibility index (Phi) is 5.71. The van der Waals surface area contributed by atoms with Crippen LogP contribution in [0.15, 0.2) is 6.33 Å². The molecule has 0 radical (unpaired) electrons. The summed E-state index contributed by atoms with van der Waals surface area (Å²) in [6.45, 7) is 3.53. The van der Waals surface area contributed by atoms with Crippen molar-refractivity contribution in [3.8, 4) is 0 Å². The lowest BCUT2D eigenvalue weighted by molar-refractivity contribution is -0.118. The first-order valence-corrected chi connectivity index (χ1v) is 5.65. The predicted octanol–water partition coefficient (Wildman–Crippen LogP) is 1.23. The van der Waals surface area contributed by atoms with E-state index in [1.807, 2.05) is 0 Å². The van der Waals surface area contributed by atoms with Crippen molar-refractivity contribution in [1.29, 1.82) is 0 Å². The molecular formula is C11H19N3O2. The summed E-state index contributed by atoms with van der Waals surface area (Å²) in [4.78, 5) is 15.7. The molecule has 0 saturated carbocycles. The van der Waals surface area contributed by atoms with Crippen LogP contribution in [0.3, 0.4) is 0 Å². The maximum atomic E-state index is 11.6. The third-order valence-corrected chi connectivity index (χ3v) is 2.29. The minimum absolute atomic E-state index is 0.197. The van der Waals surface area contributed by atoms with Crippen molar-refractivity contribution in [3.05, 3.63) is 12.2 Å². The van der Waals surface area contributed by atoms with E-state index in [1.54, 1.807) is 11.8 Å². The Morgan fingerprint density at radius 1 is 1.56 bits per heavy atom. The standard InChI is InChI=1S/C11H19N3O2/c1-3-6-14-11(12-9-13-14)8-10(15)5-4-7-16-2/h9H,3-8H2,1-2H3. The number of Topliss-reactive ketones (excluding diaryl/α,β-unsaturated/α-hetero) is 1. The van der Waals surface area contributed by atoms with Crippen molar-refractivity contribution in [1.82, 2.24) is 14.8 Å². The third-order valence-electron chi connectivity index (χ3n) is 2.29. The lowest BCUT2D eigenvalue weighted by Crippen LogP contribution is -2.11. The van der Waals surface area contributed by atoms with E-state index in [9.17, 15) is 4.79 Å². The molecule has 0 unspecified atom stereocenters. The Morgan fingerprint density at radius 2 is 2.38 bits per heavy atom. The maximum absolute atomic E-state index is 11.6. The van der Waals surface area contributed by atoms with Gasteiger partial charge in [0.2, 0.25) is 0 Å². The molecule has 0 spiro atoms. The summed E-state index contributed by atoms with van der Waals surface area (Å²) in [6, 6.07) is 0. The number of carbonyl (C=O) groups excluding carboxylic acids is 1. The Morgan fingerprint density at radius 3 is 3.06 bits per heavy atom. The quantitative estimate of drug-likeness (QED) is 0.624. The Hall–Kier alpha value is -1.23. The summed E-state index contributed by atoms with van der Waals surface area (Å²) in [6.07, 6.45) is 4.20. The van der Waals surface area contributed by atoms with Gasteiger partial charge in [-0.2, -0.15) is 5.10 Å². The van der Waals surface area contributed by atoms with E-state index < -0.39 is 0 Å². The molecule has 90 valence electrons. The maximum Gasteiger partial charge on any atom is 0.140 e. The summed E-state index contributed by atoms with van der Waals surface area (Å²) in [7, 11) is 1.64. The van der Waals surface area contributed by atoms with Crippen molar-refractivity contribution >= 4 is 5.78 Å². The second kappa shape index (κ2) is 7.11. The highest BCUT2D eigenvalue weighted by atomic mass is 16.5. The van der Waals surface area contributed by atoms with Gasteiger partial charge in [0.15, 0.2) is 0 Å². The van der Waals surface area contributed by atoms with Crippen LogP contribution in [0.2, 0.25) is 0 Å². The molecule has 0 amide bonds. The van der Waals surface area contributed by atoms with Crippen LogP contribution >= 0.6 is 0 Å². The van der Waals surface area contributed by atoms with Crippen LogP contribution in [-0.4, -0.2) is 34.3 Å². The van der Waals surface area contributed by atoms with E-state index in [0.29, 0.717) is 19.4 Å². The molecule has 0 N–H and O–H groups in total. The number of ether oxygens (including phenoxy) is 1. The molecule has 0 saturated heterocycles. The van der Waals surface area contributed by atoms with Crippen LogP contribution < -0.4 is 0 Å². The van der Waals surface area contributed by atoms with E-state index in [-0.39, 0.29) is 5.78 Å². The predicted molar refractivity (Wildman–Crippen MR) is 60.1 cm³/mol. The lowest BCUT2D eigenvalue weighted by atomic mass is 10.1. The van der Waals surface area contributed by atoms with Crippen molar-refractivity contribution in [3.63, 3.8) is 0 Å². The normalized spacial score (nSPS) is 10.6. The second-order valence-corrected chi connectivity index (χ2v) is 3.71. The molecule has 5 heteroatoms. The SMILES string of the molecule is CCCn1ncnc1CC(=O)CCCOC. The molecule has 5 nitrogen and oxygen atoms in total. The van der Waals surface area contributed by atoms with Crippen LogP contribution in [0.5, 0.6) is 0 Å². The fraction of sp³-hybridized carbons (Fsp3) is 0.727.